The van der Waals surface area contributed by atoms with E-state index in [1.54, 1.807) is 0 Å². The van der Waals surface area contributed by atoms with E-state index in [1.807, 2.05) is 27.1 Å². The van der Waals surface area contributed by atoms with Gasteiger partial charge in [-0.25, -0.2) is 0 Å². The van der Waals surface area contributed by atoms with E-state index < -0.39 is 0 Å². The molecule has 0 fully saturated rings. The molecule has 0 rings (SSSR count). The SMILES string of the molecule is CCC(C)C[C-]=O.[CH2-]CC.[CH2-]CC.[K+]. The fourth-order valence-corrected chi connectivity index (χ4v) is 0.287. The summed E-state index contributed by atoms with van der Waals surface area (Å²) in [6, 6.07) is 0. The van der Waals surface area contributed by atoms with E-state index >= 15 is 0 Å². The molecule has 0 spiro atoms. The molecule has 0 aliphatic heterocycles. The Labute approximate surface area is 134 Å². The second-order valence-electron chi connectivity index (χ2n) is 2.86. The van der Waals surface area contributed by atoms with Gasteiger partial charge in [-0.15, -0.1) is 6.42 Å². The summed E-state index contributed by atoms with van der Waals surface area (Å²) in [5, 5.41) is 0. The first kappa shape index (κ1) is 24.5. The molecule has 0 aliphatic rings. The van der Waals surface area contributed by atoms with Crippen molar-refractivity contribution in [2.45, 2.75) is 53.4 Å². The Kier molecular flexibility index (Phi) is 51.2. The van der Waals surface area contributed by atoms with Crippen LogP contribution in [-0.4, -0.2) is 6.29 Å². The molecule has 0 saturated carbocycles. The Balaban J connectivity index is -0.0000000610. The van der Waals surface area contributed by atoms with Gasteiger partial charge in [0.25, 0.3) is 0 Å². The van der Waals surface area contributed by atoms with E-state index in [1.165, 1.54) is 0 Å². The van der Waals surface area contributed by atoms with Crippen LogP contribution in [0.25, 0.3) is 0 Å². The van der Waals surface area contributed by atoms with Crippen molar-refractivity contribution in [3.05, 3.63) is 13.8 Å². The monoisotopic (exact) mass is 224 g/mol. The van der Waals surface area contributed by atoms with Crippen LogP contribution in [0.1, 0.15) is 53.4 Å². The summed E-state index contributed by atoms with van der Waals surface area (Å²) in [6.45, 7) is 15.1. The summed E-state index contributed by atoms with van der Waals surface area (Å²) in [5.74, 6) is 0.525. The van der Waals surface area contributed by atoms with E-state index in [0.29, 0.717) is 12.3 Å². The second-order valence-corrected chi connectivity index (χ2v) is 2.86. The molecule has 1 unspecified atom stereocenters. The van der Waals surface area contributed by atoms with Gasteiger partial charge in [-0.3, -0.25) is 6.29 Å². The van der Waals surface area contributed by atoms with Gasteiger partial charge in [-0.2, -0.15) is 12.8 Å². The van der Waals surface area contributed by atoms with E-state index in [9.17, 15) is 4.79 Å². The summed E-state index contributed by atoms with van der Waals surface area (Å²) >= 11 is 0. The van der Waals surface area contributed by atoms with Crippen molar-refractivity contribution >= 4 is 6.29 Å². The van der Waals surface area contributed by atoms with E-state index in [-0.39, 0.29) is 51.4 Å². The van der Waals surface area contributed by atoms with Gasteiger partial charge in [0.1, 0.15) is 0 Å². The first-order chi connectivity index (χ1) is 6.14. The molecule has 0 heterocycles. The molecule has 1 nitrogen and oxygen atoms in total. The molecule has 0 aliphatic carbocycles. The van der Waals surface area contributed by atoms with Crippen LogP contribution >= 0.6 is 0 Å². The summed E-state index contributed by atoms with van der Waals surface area (Å²) in [4.78, 5) is 9.65. The molecular weight excluding hydrogens is 199 g/mol. The first-order valence-electron chi connectivity index (χ1n) is 5.07. The van der Waals surface area contributed by atoms with Crippen molar-refractivity contribution in [3.63, 3.8) is 0 Å². The van der Waals surface area contributed by atoms with Crippen LogP contribution in [0.4, 0.5) is 0 Å². The maximum absolute atomic E-state index is 9.65. The fourth-order valence-electron chi connectivity index (χ4n) is 0.287. The van der Waals surface area contributed by atoms with E-state index in [2.05, 4.69) is 20.8 Å². The van der Waals surface area contributed by atoms with Crippen molar-refractivity contribution in [1.82, 2.24) is 0 Å². The maximum Gasteiger partial charge on any atom is 1.00 e. The van der Waals surface area contributed by atoms with Crippen molar-refractivity contribution < 1.29 is 56.2 Å². The number of carbonyl (C=O) groups excluding carboxylic acids is 1. The summed E-state index contributed by atoms with van der Waals surface area (Å²) in [6.07, 6.45) is 5.54. The molecule has 14 heavy (non-hydrogen) atoms. The largest absolute Gasteiger partial charge is 1.00 e. The molecule has 82 valence electrons. The predicted molar refractivity (Wildman–Crippen MR) is 61.1 cm³/mol. The van der Waals surface area contributed by atoms with Crippen LogP contribution in [0.2, 0.25) is 0 Å². The third-order valence-electron chi connectivity index (χ3n) is 1.13. The summed E-state index contributed by atoms with van der Waals surface area (Å²) < 4.78 is 0. The average Bonchev–Trinajstić information content (AvgIpc) is 2.07. The molecular formula is C12H25KO-2. The fraction of sp³-hybridized carbons (Fsp3) is 0.750. The Hall–Kier alpha value is 1.31. The third kappa shape index (κ3) is 50.7. The topological polar surface area (TPSA) is 17.1 Å². The molecule has 0 bridgehead atoms. The second kappa shape index (κ2) is 29.2. The van der Waals surface area contributed by atoms with Gasteiger partial charge in [0.05, 0.1) is 0 Å². The molecule has 2 heteroatoms. The van der Waals surface area contributed by atoms with Gasteiger partial charge in [0, 0.05) is 0 Å². The van der Waals surface area contributed by atoms with Crippen molar-refractivity contribution in [3.8, 4) is 0 Å². The molecule has 0 aromatic rings. The van der Waals surface area contributed by atoms with Gasteiger partial charge < -0.3 is 18.6 Å². The molecule has 0 saturated heterocycles. The zero-order chi connectivity index (χ0) is 11.1. The molecule has 0 amide bonds. The van der Waals surface area contributed by atoms with Crippen LogP contribution in [-0.2, 0) is 4.79 Å². The average molecular weight is 224 g/mol. The summed E-state index contributed by atoms with van der Waals surface area (Å²) in [7, 11) is 0. The predicted octanol–water partition coefficient (Wildman–Crippen LogP) is 0.997. The zero-order valence-corrected chi connectivity index (χ0v) is 13.9. The Bertz CT molecular complexity index is 72.7. The molecule has 0 aromatic carbocycles. The zero-order valence-electron chi connectivity index (χ0n) is 10.7. The normalized spacial score (nSPS) is 9.29. The van der Waals surface area contributed by atoms with Gasteiger partial charge in [0.15, 0.2) is 0 Å². The molecule has 0 radical (unpaired) electrons. The van der Waals surface area contributed by atoms with Crippen LogP contribution in [0.3, 0.4) is 0 Å². The quantitative estimate of drug-likeness (QED) is 0.516. The van der Waals surface area contributed by atoms with E-state index in [0.717, 1.165) is 19.3 Å². The summed E-state index contributed by atoms with van der Waals surface area (Å²) in [5.41, 5.74) is 0. The third-order valence-corrected chi connectivity index (χ3v) is 1.13. The van der Waals surface area contributed by atoms with Gasteiger partial charge in [-0.1, -0.05) is 40.0 Å². The first-order valence-corrected chi connectivity index (χ1v) is 5.07. The van der Waals surface area contributed by atoms with Crippen LogP contribution < -0.4 is 51.4 Å². The minimum atomic E-state index is 0. The minimum Gasteiger partial charge on any atom is -0.542 e. The van der Waals surface area contributed by atoms with Crippen LogP contribution in [0.15, 0.2) is 0 Å². The Morgan fingerprint density at radius 2 is 1.43 bits per heavy atom. The van der Waals surface area contributed by atoms with Crippen LogP contribution in [0, 0.1) is 19.8 Å². The molecule has 1 atom stereocenters. The van der Waals surface area contributed by atoms with E-state index in [4.69, 9.17) is 0 Å². The van der Waals surface area contributed by atoms with Gasteiger partial charge in [0.2, 0.25) is 0 Å². The molecule has 0 N–H and O–H groups in total. The number of rotatable bonds is 3. The van der Waals surface area contributed by atoms with Gasteiger partial charge in [-0.05, 0) is 0 Å². The van der Waals surface area contributed by atoms with Crippen molar-refractivity contribution in [1.29, 1.82) is 0 Å². The number of hydrogen-bond acceptors (Lipinski definition) is 1. The minimum absolute atomic E-state index is 0. The Morgan fingerprint density at radius 3 is 1.50 bits per heavy atom. The number of hydrogen-bond donors (Lipinski definition) is 0. The van der Waals surface area contributed by atoms with Crippen molar-refractivity contribution in [2.75, 3.05) is 0 Å². The maximum atomic E-state index is 9.65. The Morgan fingerprint density at radius 1 is 1.14 bits per heavy atom. The van der Waals surface area contributed by atoms with Crippen LogP contribution in [0.5, 0.6) is 0 Å². The van der Waals surface area contributed by atoms with Crippen molar-refractivity contribution in [2.24, 2.45) is 5.92 Å². The smallest absolute Gasteiger partial charge is 0.542 e. The molecule has 0 aromatic heterocycles. The standard InChI is InChI=1S/C6H11O.2C3H7.K/c1-3-6(2)4-5-7;2*1-3-2;/h6H,3-4H2,1-2H3;2*1,3H2,2H3;/q3*-1;+1. The van der Waals surface area contributed by atoms with Gasteiger partial charge >= 0.3 is 51.4 Å².